The lowest BCUT2D eigenvalue weighted by molar-refractivity contribution is -0.136. The van der Waals surface area contributed by atoms with E-state index >= 15 is 0 Å². The van der Waals surface area contributed by atoms with Gasteiger partial charge in [-0.2, -0.15) is 0 Å². The summed E-state index contributed by atoms with van der Waals surface area (Å²) >= 11 is 7.70. The Morgan fingerprint density at radius 3 is 2.75 bits per heavy atom. The lowest BCUT2D eigenvalue weighted by Crippen LogP contribution is -2.04. The first-order chi connectivity index (χ1) is 17.5. The smallest absolute Gasteiger partial charge is 0.304 e. The third-order valence-electron chi connectivity index (χ3n) is 5.98. The molecule has 5 rings (SSSR count). The maximum absolute atomic E-state index is 11.2. The fourth-order valence-corrected chi connectivity index (χ4v) is 5.65. The van der Waals surface area contributed by atoms with Gasteiger partial charge in [0.1, 0.15) is 30.5 Å². The number of hydrogen-bond donors (Lipinski definition) is 1. The first kappa shape index (κ1) is 24.3. The number of aliphatic carboxylic acids is 1. The molecule has 0 spiro atoms. The van der Waals surface area contributed by atoms with Crippen molar-refractivity contribution < 1.29 is 24.1 Å². The molecule has 8 heteroatoms. The zero-order valence-corrected chi connectivity index (χ0v) is 21.1. The van der Waals surface area contributed by atoms with Crippen LogP contribution in [0.25, 0.3) is 10.9 Å². The lowest BCUT2D eigenvalue weighted by Gasteiger charge is -2.20. The van der Waals surface area contributed by atoms with E-state index in [1.165, 1.54) is 0 Å². The summed E-state index contributed by atoms with van der Waals surface area (Å²) in [5.41, 5.74) is 4.65. The Balaban J connectivity index is 1.42. The largest absolute Gasteiger partial charge is 0.497 e. The minimum absolute atomic E-state index is 0.0800. The monoisotopic (exact) mass is 521 g/mol. The number of carboxylic acid groups (broad SMARTS) is 1. The second-order valence-electron chi connectivity index (χ2n) is 8.38. The van der Waals surface area contributed by atoms with Crippen molar-refractivity contribution in [1.82, 2.24) is 4.98 Å². The van der Waals surface area contributed by atoms with Crippen LogP contribution in [-0.2, 0) is 18.0 Å². The van der Waals surface area contributed by atoms with Gasteiger partial charge in [-0.05, 0) is 59.7 Å². The van der Waals surface area contributed by atoms with Crippen molar-refractivity contribution in [3.8, 4) is 17.2 Å². The van der Waals surface area contributed by atoms with Gasteiger partial charge in [-0.3, -0.25) is 4.79 Å². The SMILES string of the molecule is COc1ccc2c(c1)COc1ccc(OCc3ccc4ccc(Cl)cc4n3)cc1C2SCCC(=O)O. The van der Waals surface area contributed by atoms with Gasteiger partial charge in [-0.15, -0.1) is 11.8 Å². The summed E-state index contributed by atoms with van der Waals surface area (Å²) in [6.45, 7) is 0.700. The molecule has 184 valence electrons. The zero-order chi connectivity index (χ0) is 25.1. The van der Waals surface area contributed by atoms with Gasteiger partial charge in [0.2, 0.25) is 0 Å². The molecule has 6 nitrogen and oxygen atoms in total. The number of aromatic nitrogens is 1. The Labute approximate surface area is 218 Å². The van der Waals surface area contributed by atoms with Gasteiger partial charge in [0.25, 0.3) is 0 Å². The van der Waals surface area contributed by atoms with Gasteiger partial charge in [-0.25, -0.2) is 4.98 Å². The van der Waals surface area contributed by atoms with Gasteiger partial charge < -0.3 is 19.3 Å². The molecule has 0 amide bonds. The number of hydrogen-bond acceptors (Lipinski definition) is 6. The topological polar surface area (TPSA) is 77.9 Å². The number of rotatable bonds is 8. The number of thioether (sulfide) groups is 1. The van der Waals surface area contributed by atoms with Gasteiger partial charge in [0.05, 0.1) is 30.0 Å². The molecule has 2 heterocycles. The van der Waals surface area contributed by atoms with E-state index in [4.69, 9.17) is 25.8 Å². The highest BCUT2D eigenvalue weighted by molar-refractivity contribution is 7.99. The van der Waals surface area contributed by atoms with Gasteiger partial charge in [0, 0.05) is 21.7 Å². The standard InChI is InChI=1S/C28H24ClNO5S/c1-33-21-6-8-23-18(12-21)15-35-26-9-7-22(14-24(26)28(23)36-11-10-27(31)32)34-16-20-5-3-17-2-4-19(29)13-25(17)30-20/h2-9,12-14,28H,10-11,15-16H2,1H3,(H,31,32). The van der Waals surface area contributed by atoms with Crippen LogP contribution in [-0.4, -0.2) is 28.9 Å². The number of ether oxygens (including phenoxy) is 3. The molecule has 0 fully saturated rings. The molecule has 4 aromatic rings. The molecule has 36 heavy (non-hydrogen) atoms. The fourth-order valence-electron chi connectivity index (χ4n) is 4.18. The molecule has 0 bridgehead atoms. The van der Waals surface area contributed by atoms with E-state index in [0.717, 1.165) is 44.8 Å². The van der Waals surface area contributed by atoms with Crippen LogP contribution in [0.2, 0.25) is 5.02 Å². The Hall–Kier alpha value is -3.42. The van der Waals surface area contributed by atoms with Crippen LogP contribution >= 0.6 is 23.4 Å². The molecular formula is C28H24ClNO5S. The summed E-state index contributed by atoms with van der Waals surface area (Å²) in [4.78, 5) is 15.8. The molecule has 0 aliphatic carbocycles. The lowest BCUT2D eigenvalue weighted by atomic mass is 9.99. The quantitative estimate of drug-likeness (QED) is 0.277. The van der Waals surface area contributed by atoms with Crippen molar-refractivity contribution in [3.05, 3.63) is 94.1 Å². The van der Waals surface area contributed by atoms with E-state index in [9.17, 15) is 9.90 Å². The Bertz CT molecular complexity index is 1430. The third-order valence-corrected chi connectivity index (χ3v) is 7.49. The fraction of sp³-hybridized carbons (Fsp3) is 0.214. The maximum atomic E-state index is 11.2. The van der Waals surface area contributed by atoms with Crippen molar-refractivity contribution in [2.24, 2.45) is 0 Å². The van der Waals surface area contributed by atoms with E-state index in [1.807, 2.05) is 66.7 Å². The predicted molar refractivity (Wildman–Crippen MR) is 141 cm³/mol. The number of carboxylic acids is 1. The number of halogens is 1. The molecule has 1 aliphatic rings. The molecule has 1 aliphatic heterocycles. The molecular weight excluding hydrogens is 498 g/mol. The first-order valence-electron chi connectivity index (χ1n) is 11.4. The summed E-state index contributed by atoms with van der Waals surface area (Å²) in [7, 11) is 1.63. The second kappa shape index (κ2) is 10.7. The van der Waals surface area contributed by atoms with E-state index in [2.05, 4.69) is 4.98 Å². The molecule has 1 unspecified atom stereocenters. The highest BCUT2D eigenvalue weighted by Crippen LogP contribution is 2.46. The van der Waals surface area contributed by atoms with E-state index in [1.54, 1.807) is 18.9 Å². The van der Waals surface area contributed by atoms with Crippen LogP contribution in [0.5, 0.6) is 17.2 Å². The summed E-state index contributed by atoms with van der Waals surface area (Å²) in [6.07, 6.45) is 0.0800. The summed E-state index contributed by atoms with van der Waals surface area (Å²) < 4.78 is 17.7. The molecule has 0 radical (unpaired) electrons. The van der Waals surface area contributed by atoms with Crippen molar-refractivity contribution in [2.45, 2.75) is 24.9 Å². The van der Waals surface area contributed by atoms with E-state index in [-0.39, 0.29) is 11.7 Å². The Kier molecular flexibility index (Phi) is 7.20. The van der Waals surface area contributed by atoms with E-state index in [0.29, 0.717) is 29.7 Å². The Morgan fingerprint density at radius 2 is 1.92 bits per heavy atom. The first-order valence-corrected chi connectivity index (χ1v) is 12.9. The van der Waals surface area contributed by atoms with Crippen molar-refractivity contribution in [3.63, 3.8) is 0 Å². The Morgan fingerprint density at radius 1 is 1.08 bits per heavy atom. The predicted octanol–water partition coefficient (Wildman–Crippen LogP) is 6.67. The maximum Gasteiger partial charge on any atom is 0.304 e. The summed E-state index contributed by atoms with van der Waals surface area (Å²) in [5, 5.41) is 10.7. The molecule has 1 aromatic heterocycles. The van der Waals surface area contributed by atoms with Crippen LogP contribution in [0.3, 0.4) is 0 Å². The number of fused-ring (bicyclic) bond motifs is 3. The minimum Gasteiger partial charge on any atom is -0.497 e. The van der Waals surface area contributed by atoms with Crippen molar-refractivity contribution in [2.75, 3.05) is 12.9 Å². The van der Waals surface area contributed by atoms with Crippen LogP contribution in [0, 0.1) is 0 Å². The number of carbonyl (C=O) groups is 1. The molecule has 0 saturated carbocycles. The normalized spacial score (nSPS) is 14.3. The van der Waals surface area contributed by atoms with Crippen LogP contribution in [0.15, 0.2) is 66.7 Å². The van der Waals surface area contributed by atoms with Crippen LogP contribution in [0.1, 0.15) is 34.1 Å². The zero-order valence-electron chi connectivity index (χ0n) is 19.6. The van der Waals surface area contributed by atoms with Gasteiger partial charge in [0.15, 0.2) is 0 Å². The average Bonchev–Trinajstić information content (AvgIpc) is 3.03. The molecule has 3 aromatic carbocycles. The second-order valence-corrected chi connectivity index (χ2v) is 10.0. The third kappa shape index (κ3) is 5.37. The van der Waals surface area contributed by atoms with Crippen LogP contribution < -0.4 is 14.2 Å². The van der Waals surface area contributed by atoms with Crippen molar-refractivity contribution >= 4 is 40.2 Å². The number of nitrogens with zero attached hydrogens (tertiary/aromatic N) is 1. The number of benzene rings is 3. The summed E-state index contributed by atoms with van der Waals surface area (Å²) in [6, 6.07) is 21.3. The molecule has 0 saturated heterocycles. The number of pyridine rings is 1. The average molecular weight is 522 g/mol. The van der Waals surface area contributed by atoms with Gasteiger partial charge >= 0.3 is 5.97 Å². The molecule has 1 N–H and O–H groups in total. The minimum atomic E-state index is -0.816. The highest BCUT2D eigenvalue weighted by Gasteiger charge is 2.26. The van der Waals surface area contributed by atoms with Crippen LogP contribution in [0.4, 0.5) is 0 Å². The molecule has 1 atom stereocenters. The summed E-state index contributed by atoms with van der Waals surface area (Å²) in [5.74, 6) is 1.85. The van der Waals surface area contributed by atoms with Gasteiger partial charge in [-0.1, -0.05) is 29.8 Å². The number of methoxy groups -OCH3 is 1. The van der Waals surface area contributed by atoms with E-state index < -0.39 is 5.97 Å². The highest BCUT2D eigenvalue weighted by atomic mass is 35.5. The van der Waals surface area contributed by atoms with Crippen molar-refractivity contribution in [1.29, 1.82) is 0 Å².